The highest BCUT2D eigenvalue weighted by Gasteiger charge is 2.48. The molecule has 5 rings (SSSR count). The highest BCUT2D eigenvalue weighted by Crippen LogP contribution is 2.33. The Labute approximate surface area is 211 Å². The van der Waals surface area contributed by atoms with E-state index in [1.807, 2.05) is 42.5 Å². The van der Waals surface area contributed by atoms with Crippen LogP contribution in [0.15, 0.2) is 48.5 Å². The topological polar surface area (TPSA) is 131 Å². The van der Waals surface area contributed by atoms with E-state index in [4.69, 9.17) is 11.5 Å². The predicted octanol–water partition coefficient (Wildman–Crippen LogP) is 1.65. The number of fused-ring (bicyclic) bond motifs is 1. The van der Waals surface area contributed by atoms with Crippen molar-refractivity contribution in [1.29, 1.82) is 0 Å². The predicted molar refractivity (Wildman–Crippen MR) is 138 cm³/mol. The number of nitrogens with one attached hydrogen (secondary N) is 2. The zero-order valence-corrected chi connectivity index (χ0v) is 20.5. The number of carbonyl (C=O) groups excluding carboxylic acids is 3. The lowest BCUT2D eigenvalue weighted by Gasteiger charge is -2.26. The summed E-state index contributed by atoms with van der Waals surface area (Å²) in [5.41, 5.74) is 16.0. The summed E-state index contributed by atoms with van der Waals surface area (Å²) in [6, 6.07) is 14.1. The number of rotatable bonds is 8. The zero-order chi connectivity index (χ0) is 25.3. The molecule has 2 aromatic rings. The van der Waals surface area contributed by atoms with Gasteiger partial charge in [0.1, 0.15) is 6.04 Å². The van der Waals surface area contributed by atoms with Gasteiger partial charge in [-0.1, -0.05) is 36.4 Å². The maximum absolute atomic E-state index is 13.4. The minimum atomic E-state index is -0.814. The maximum Gasteiger partial charge on any atom is 0.247 e. The number of hydrogen-bond acceptors (Lipinski definition) is 5. The smallest absolute Gasteiger partial charge is 0.247 e. The summed E-state index contributed by atoms with van der Waals surface area (Å²) >= 11 is 0. The molecule has 2 fully saturated rings. The second-order valence-electron chi connectivity index (χ2n) is 10.5. The van der Waals surface area contributed by atoms with Crippen molar-refractivity contribution in [2.24, 2.45) is 11.5 Å². The third-order valence-electron chi connectivity index (χ3n) is 7.73. The fourth-order valence-corrected chi connectivity index (χ4v) is 5.30. The molecule has 1 saturated carbocycles. The van der Waals surface area contributed by atoms with Gasteiger partial charge >= 0.3 is 0 Å². The Hall–Kier alpha value is -3.23. The van der Waals surface area contributed by atoms with Crippen molar-refractivity contribution in [1.82, 2.24) is 10.2 Å². The van der Waals surface area contributed by atoms with Crippen LogP contribution in [0.1, 0.15) is 48.8 Å². The third kappa shape index (κ3) is 5.29. The van der Waals surface area contributed by atoms with Gasteiger partial charge in [0.25, 0.3) is 0 Å². The first kappa shape index (κ1) is 24.5. The zero-order valence-electron chi connectivity index (χ0n) is 20.5. The number of benzene rings is 2. The maximum atomic E-state index is 13.4. The van der Waals surface area contributed by atoms with Crippen molar-refractivity contribution in [2.45, 2.75) is 75.0 Å². The van der Waals surface area contributed by atoms with Gasteiger partial charge in [0.2, 0.25) is 17.7 Å². The molecule has 1 aliphatic heterocycles. The minimum absolute atomic E-state index is 0.215. The van der Waals surface area contributed by atoms with E-state index in [2.05, 4.69) is 16.7 Å². The fraction of sp³-hybridized carbons (Fsp3) is 0.464. The highest BCUT2D eigenvalue weighted by molar-refractivity contribution is 5.98. The van der Waals surface area contributed by atoms with E-state index in [0.29, 0.717) is 32.1 Å². The molecule has 8 heteroatoms. The molecule has 1 heterocycles. The average Bonchev–Trinajstić information content (AvgIpc) is 3.28. The molecule has 8 nitrogen and oxygen atoms in total. The second kappa shape index (κ2) is 10.0. The molecule has 0 unspecified atom stereocenters. The average molecular weight is 490 g/mol. The number of nitrogens with two attached hydrogens (primary N) is 2. The van der Waals surface area contributed by atoms with Gasteiger partial charge in [-0.05, 0) is 80.2 Å². The summed E-state index contributed by atoms with van der Waals surface area (Å²) < 4.78 is 0. The lowest BCUT2D eigenvalue weighted by atomic mass is 10.0. The van der Waals surface area contributed by atoms with Crippen molar-refractivity contribution < 1.29 is 14.4 Å². The lowest BCUT2D eigenvalue weighted by Crippen LogP contribution is -2.51. The van der Waals surface area contributed by atoms with Crippen LogP contribution in [0.4, 0.5) is 5.69 Å². The van der Waals surface area contributed by atoms with E-state index in [0.717, 1.165) is 30.5 Å². The molecular formula is C28H35N5O3. The molecule has 1 saturated heterocycles. The molecule has 0 aromatic heterocycles. The van der Waals surface area contributed by atoms with Gasteiger partial charge in [-0.3, -0.25) is 14.4 Å². The second-order valence-corrected chi connectivity index (χ2v) is 10.5. The summed E-state index contributed by atoms with van der Waals surface area (Å²) in [5.74, 6) is -0.749. The first-order valence-corrected chi connectivity index (χ1v) is 12.9. The monoisotopic (exact) mass is 489 g/mol. The molecule has 190 valence electrons. The number of hydrogen-bond donors (Lipinski definition) is 4. The minimum Gasteiger partial charge on any atom is -0.350 e. The first-order chi connectivity index (χ1) is 17.3. The lowest BCUT2D eigenvalue weighted by molar-refractivity contribution is -0.137. The van der Waals surface area contributed by atoms with Crippen LogP contribution in [0.3, 0.4) is 0 Å². The Balaban J connectivity index is 1.28. The number of amides is 3. The summed E-state index contributed by atoms with van der Waals surface area (Å²) in [4.78, 5) is 40.9. The number of carbonyl (C=O) groups is 3. The van der Waals surface area contributed by atoms with E-state index in [9.17, 15) is 14.4 Å². The summed E-state index contributed by atoms with van der Waals surface area (Å²) in [6.45, 7) is 0.238. The molecule has 3 amide bonds. The van der Waals surface area contributed by atoms with Gasteiger partial charge in [0, 0.05) is 18.3 Å². The van der Waals surface area contributed by atoms with Crippen LogP contribution in [0.2, 0.25) is 0 Å². The summed E-state index contributed by atoms with van der Waals surface area (Å²) in [6.07, 6.45) is 5.99. The molecule has 3 atom stereocenters. The molecule has 0 bridgehead atoms. The van der Waals surface area contributed by atoms with Crippen LogP contribution >= 0.6 is 0 Å². The number of aryl methyl sites for hydroxylation is 3. The SMILES string of the molecule is N[C@@H](CCc1ccccc1)C(=O)N1C[C@H](NC(=O)C2(N)CC2)C[C@H]1C(=O)Nc1ccc2c(c1)CCC2. The molecule has 36 heavy (non-hydrogen) atoms. The van der Waals surface area contributed by atoms with Gasteiger partial charge in [0.15, 0.2) is 0 Å². The van der Waals surface area contributed by atoms with Crippen LogP contribution in [-0.4, -0.2) is 52.8 Å². The Bertz CT molecular complexity index is 1150. The van der Waals surface area contributed by atoms with E-state index >= 15 is 0 Å². The molecular weight excluding hydrogens is 454 g/mol. The van der Waals surface area contributed by atoms with Gasteiger partial charge in [-0.15, -0.1) is 0 Å². The summed E-state index contributed by atoms with van der Waals surface area (Å²) in [7, 11) is 0. The van der Waals surface area contributed by atoms with Crippen molar-refractivity contribution in [3.63, 3.8) is 0 Å². The van der Waals surface area contributed by atoms with Gasteiger partial charge in [0.05, 0.1) is 11.6 Å². The summed E-state index contributed by atoms with van der Waals surface area (Å²) in [5, 5.41) is 5.97. The van der Waals surface area contributed by atoms with Crippen LogP contribution in [0.5, 0.6) is 0 Å². The Morgan fingerprint density at radius 3 is 2.56 bits per heavy atom. The normalized spacial score (nSPS) is 22.6. The van der Waals surface area contributed by atoms with Crippen LogP contribution in [-0.2, 0) is 33.6 Å². The van der Waals surface area contributed by atoms with E-state index < -0.39 is 17.6 Å². The Morgan fingerprint density at radius 1 is 1.06 bits per heavy atom. The van der Waals surface area contributed by atoms with E-state index in [1.165, 1.54) is 11.1 Å². The van der Waals surface area contributed by atoms with E-state index in [-0.39, 0.29) is 30.3 Å². The number of anilines is 1. The Kier molecular flexibility index (Phi) is 6.81. The molecule has 2 aliphatic carbocycles. The van der Waals surface area contributed by atoms with Crippen molar-refractivity contribution >= 4 is 23.4 Å². The van der Waals surface area contributed by atoms with Crippen LogP contribution in [0, 0.1) is 0 Å². The molecule has 0 spiro atoms. The molecule has 2 aromatic carbocycles. The first-order valence-electron chi connectivity index (χ1n) is 12.9. The third-order valence-corrected chi connectivity index (χ3v) is 7.73. The fourth-order valence-electron chi connectivity index (χ4n) is 5.30. The van der Waals surface area contributed by atoms with E-state index in [1.54, 1.807) is 4.90 Å². The largest absolute Gasteiger partial charge is 0.350 e. The van der Waals surface area contributed by atoms with Gasteiger partial charge in [-0.2, -0.15) is 0 Å². The Morgan fingerprint density at radius 2 is 1.81 bits per heavy atom. The van der Waals surface area contributed by atoms with Crippen LogP contribution < -0.4 is 22.1 Å². The number of nitrogens with zero attached hydrogens (tertiary/aromatic N) is 1. The van der Waals surface area contributed by atoms with Gasteiger partial charge in [-0.25, -0.2) is 0 Å². The highest BCUT2D eigenvalue weighted by atomic mass is 16.2. The van der Waals surface area contributed by atoms with Gasteiger partial charge < -0.3 is 27.0 Å². The van der Waals surface area contributed by atoms with Crippen LogP contribution in [0.25, 0.3) is 0 Å². The number of likely N-dealkylation sites (tertiary alicyclic amines) is 1. The van der Waals surface area contributed by atoms with Crippen molar-refractivity contribution in [2.75, 3.05) is 11.9 Å². The quantitative estimate of drug-likeness (QED) is 0.448. The van der Waals surface area contributed by atoms with Crippen molar-refractivity contribution in [3.05, 3.63) is 65.2 Å². The standard InChI is InChI=1S/C28H35N5O3/c29-23(12-9-18-5-2-1-3-6-18)26(35)33-17-22(32-27(36)28(30)13-14-28)16-24(33)25(34)31-21-11-10-19-7-4-8-20(19)15-21/h1-3,5-6,10-11,15,22-24H,4,7-9,12-14,16-17,29-30H2,(H,31,34)(H,32,36)/t22-,23+,24+/m1/s1. The molecule has 6 N–H and O–H groups in total. The molecule has 0 radical (unpaired) electrons. The molecule has 3 aliphatic rings. The van der Waals surface area contributed by atoms with Crippen molar-refractivity contribution in [3.8, 4) is 0 Å².